The van der Waals surface area contributed by atoms with Crippen LogP contribution < -0.4 is 9.64 Å². The van der Waals surface area contributed by atoms with Crippen LogP contribution in [-0.2, 0) is 17.8 Å². The van der Waals surface area contributed by atoms with E-state index in [0.29, 0.717) is 17.9 Å². The molecule has 2 aromatic carbocycles. The van der Waals surface area contributed by atoms with Gasteiger partial charge < -0.3 is 9.84 Å². The molecule has 1 aromatic heterocycles. The maximum absolute atomic E-state index is 13.0. The molecule has 2 amide bonds. The largest absolute Gasteiger partial charge is 0.489 e. The number of carboxylic acids is 1. The number of ether oxygens (including phenoxy) is 1. The molecule has 0 aliphatic carbocycles. The molecule has 1 N–H and O–H groups in total. The number of carbonyl (C=O) groups is 3. The Balaban J connectivity index is 1.66. The maximum Gasteiger partial charge on any atom is 0.346 e. The highest BCUT2D eigenvalue weighted by Crippen LogP contribution is 2.36. The Bertz CT molecular complexity index is 1130. The van der Waals surface area contributed by atoms with Gasteiger partial charge in [0.2, 0.25) is 5.91 Å². The number of imide groups is 1. The van der Waals surface area contributed by atoms with Crippen molar-refractivity contribution in [2.24, 2.45) is 0 Å². The van der Waals surface area contributed by atoms with Gasteiger partial charge >= 0.3 is 5.97 Å². The van der Waals surface area contributed by atoms with Crippen molar-refractivity contribution in [1.29, 1.82) is 0 Å². The molecule has 0 radical (unpaired) electrons. The minimum Gasteiger partial charge on any atom is -0.489 e. The van der Waals surface area contributed by atoms with Crippen LogP contribution in [0.3, 0.4) is 0 Å². The standard InChI is InChI=1S/C21H14ClNO5S/c22-15-7-6-14(28-10-12-4-2-1-3-5-12)9-16(15)23-17(24)8-13-11-29-19(21(26)27)18(13)20(23)25/h1-7,9,11H,8,10H2,(H,26,27). The van der Waals surface area contributed by atoms with Gasteiger partial charge in [0.15, 0.2) is 0 Å². The fraction of sp³-hybridized carbons (Fsp3) is 0.0952. The second kappa shape index (κ2) is 7.69. The predicted molar refractivity (Wildman–Crippen MR) is 109 cm³/mol. The average Bonchev–Trinajstić information content (AvgIpc) is 3.13. The number of thiophene rings is 1. The summed E-state index contributed by atoms with van der Waals surface area (Å²) in [5, 5.41) is 11.1. The third kappa shape index (κ3) is 3.62. The van der Waals surface area contributed by atoms with Crippen LogP contribution in [0.1, 0.15) is 31.2 Å². The molecule has 0 saturated carbocycles. The number of carbonyl (C=O) groups excluding carboxylic acids is 2. The quantitative estimate of drug-likeness (QED) is 0.610. The van der Waals surface area contributed by atoms with Crippen LogP contribution >= 0.6 is 22.9 Å². The van der Waals surface area contributed by atoms with E-state index in [4.69, 9.17) is 16.3 Å². The number of hydrogen-bond acceptors (Lipinski definition) is 5. The molecule has 2 heterocycles. The molecule has 0 fully saturated rings. The monoisotopic (exact) mass is 427 g/mol. The molecule has 4 rings (SSSR count). The third-order valence-corrected chi connectivity index (χ3v) is 5.81. The summed E-state index contributed by atoms with van der Waals surface area (Å²) in [5.41, 5.74) is 1.59. The highest BCUT2D eigenvalue weighted by Gasteiger charge is 2.37. The van der Waals surface area contributed by atoms with Gasteiger partial charge in [-0.25, -0.2) is 9.69 Å². The number of halogens is 1. The van der Waals surface area contributed by atoms with Gasteiger partial charge in [-0.15, -0.1) is 11.3 Å². The second-order valence-electron chi connectivity index (χ2n) is 6.37. The summed E-state index contributed by atoms with van der Waals surface area (Å²) in [5.74, 6) is -1.94. The number of anilines is 1. The lowest BCUT2D eigenvalue weighted by atomic mass is 10.0. The van der Waals surface area contributed by atoms with Crippen LogP contribution in [-0.4, -0.2) is 22.9 Å². The molecule has 1 aliphatic heterocycles. The number of benzene rings is 2. The van der Waals surface area contributed by atoms with Gasteiger partial charge in [0.1, 0.15) is 17.2 Å². The van der Waals surface area contributed by atoms with Gasteiger partial charge in [0.25, 0.3) is 5.91 Å². The molecule has 0 spiro atoms. The van der Waals surface area contributed by atoms with Gasteiger partial charge in [0.05, 0.1) is 22.7 Å². The fourth-order valence-electron chi connectivity index (χ4n) is 3.12. The topological polar surface area (TPSA) is 83.9 Å². The first-order valence-corrected chi connectivity index (χ1v) is 9.88. The van der Waals surface area contributed by atoms with Gasteiger partial charge in [-0.05, 0) is 28.6 Å². The number of fused-ring (bicyclic) bond motifs is 1. The molecule has 3 aromatic rings. The molecule has 29 heavy (non-hydrogen) atoms. The van der Waals surface area contributed by atoms with Crippen molar-refractivity contribution in [1.82, 2.24) is 0 Å². The number of aromatic carboxylic acids is 1. The molecule has 6 nitrogen and oxygen atoms in total. The number of hydrogen-bond donors (Lipinski definition) is 1. The first kappa shape index (κ1) is 19.2. The van der Waals surface area contributed by atoms with E-state index in [1.165, 1.54) is 11.4 Å². The van der Waals surface area contributed by atoms with E-state index < -0.39 is 17.8 Å². The first-order chi connectivity index (χ1) is 14.0. The zero-order valence-electron chi connectivity index (χ0n) is 14.9. The zero-order chi connectivity index (χ0) is 20.5. The summed E-state index contributed by atoms with van der Waals surface area (Å²) in [6.07, 6.45) is -0.0731. The predicted octanol–water partition coefficient (Wildman–Crippen LogP) is 4.41. The Morgan fingerprint density at radius 3 is 2.66 bits per heavy atom. The molecule has 8 heteroatoms. The van der Waals surface area contributed by atoms with E-state index in [2.05, 4.69) is 0 Å². The van der Waals surface area contributed by atoms with Crippen LogP contribution in [0.15, 0.2) is 53.9 Å². The number of nitrogens with zero attached hydrogens (tertiary/aromatic N) is 1. The van der Waals surface area contributed by atoms with Crippen molar-refractivity contribution in [3.63, 3.8) is 0 Å². The van der Waals surface area contributed by atoms with E-state index in [-0.39, 0.29) is 27.6 Å². The van der Waals surface area contributed by atoms with Crippen LogP contribution in [0.5, 0.6) is 5.75 Å². The van der Waals surface area contributed by atoms with Crippen molar-refractivity contribution >= 4 is 46.4 Å². The van der Waals surface area contributed by atoms with Gasteiger partial charge in [-0.2, -0.15) is 0 Å². The second-order valence-corrected chi connectivity index (χ2v) is 7.66. The van der Waals surface area contributed by atoms with E-state index in [9.17, 15) is 19.5 Å². The lowest BCUT2D eigenvalue weighted by Crippen LogP contribution is -2.42. The average molecular weight is 428 g/mol. The van der Waals surface area contributed by atoms with Crippen LogP contribution in [0.2, 0.25) is 5.02 Å². The Labute approximate surface area is 174 Å². The molecular weight excluding hydrogens is 414 g/mol. The first-order valence-electron chi connectivity index (χ1n) is 8.63. The van der Waals surface area contributed by atoms with Gasteiger partial charge in [-0.1, -0.05) is 41.9 Å². The number of carboxylic acid groups (broad SMARTS) is 1. The third-order valence-electron chi connectivity index (χ3n) is 4.48. The SMILES string of the molecule is O=C(O)c1scc2c1C(=O)N(c1cc(OCc3ccccc3)ccc1Cl)C(=O)C2. The Morgan fingerprint density at radius 2 is 1.93 bits per heavy atom. The summed E-state index contributed by atoms with van der Waals surface area (Å²) in [6.45, 7) is 0.307. The van der Waals surface area contributed by atoms with E-state index in [1.807, 2.05) is 30.3 Å². The molecular formula is C21H14ClNO5S. The van der Waals surface area contributed by atoms with Crippen molar-refractivity contribution in [3.8, 4) is 5.75 Å². The smallest absolute Gasteiger partial charge is 0.346 e. The lowest BCUT2D eigenvalue weighted by molar-refractivity contribution is -0.117. The summed E-state index contributed by atoms with van der Waals surface area (Å²) >= 11 is 7.20. The zero-order valence-corrected chi connectivity index (χ0v) is 16.5. The summed E-state index contributed by atoms with van der Waals surface area (Å²) in [7, 11) is 0. The van der Waals surface area contributed by atoms with Crippen LogP contribution in [0, 0.1) is 0 Å². The summed E-state index contributed by atoms with van der Waals surface area (Å²) in [6, 6.07) is 14.2. The molecule has 146 valence electrons. The maximum atomic E-state index is 13.0. The van der Waals surface area contributed by atoms with Crippen molar-refractivity contribution < 1.29 is 24.2 Å². The normalized spacial score (nSPS) is 13.3. The van der Waals surface area contributed by atoms with Crippen molar-refractivity contribution in [2.75, 3.05) is 4.90 Å². The van der Waals surface area contributed by atoms with E-state index >= 15 is 0 Å². The molecule has 0 bridgehead atoms. The van der Waals surface area contributed by atoms with E-state index in [1.54, 1.807) is 12.1 Å². The Morgan fingerprint density at radius 1 is 1.17 bits per heavy atom. The molecule has 0 atom stereocenters. The molecule has 0 unspecified atom stereocenters. The highest BCUT2D eigenvalue weighted by molar-refractivity contribution is 7.12. The van der Waals surface area contributed by atoms with Crippen LogP contribution in [0.25, 0.3) is 0 Å². The minimum atomic E-state index is -1.20. The number of amides is 2. The highest BCUT2D eigenvalue weighted by atomic mass is 35.5. The lowest BCUT2D eigenvalue weighted by Gasteiger charge is -2.26. The van der Waals surface area contributed by atoms with Crippen LogP contribution in [0.4, 0.5) is 5.69 Å². The Kier molecular flexibility index (Phi) is 5.08. The summed E-state index contributed by atoms with van der Waals surface area (Å²) < 4.78 is 5.77. The van der Waals surface area contributed by atoms with Crippen molar-refractivity contribution in [3.05, 3.63) is 80.5 Å². The van der Waals surface area contributed by atoms with Crippen molar-refractivity contribution in [2.45, 2.75) is 13.0 Å². The molecule has 1 aliphatic rings. The van der Waals surface area contributed by atoms with Gasteiger partial charge in [-0.3, -0.25) is 9.59 Å². The van der Waals surface area contributed by atoms with E-state index in [0.717, 1.165) is 21.8 Å². The van der Waals surface area contributed by atoms with Gasteiger partial charge in [0, 0.05) is 6.07 Å². The molecule has 0 saturated heterocycles. The summed E-state index contributed by atoms with van der Waals surface area (Å²) in [4.78, 5) is 38.0. The Hall–Kier alpha value is -3.16. The fourth-order valence-corrected chi connectivity index (χ4v) is 4.22. The minimum absolute atomic E-state index is 0.0359. The number of rotatable bonds is 5.